The molecule has 4 rings (SSSR count). The van der Waals surface area contributed by atoms with Crippen LogP contribution < -0.4 is 18.9 Å². The summed E-state index contributed by atoms with van der Waals surface area (Å²) in [4.78, 5) is 38.1. The highest BCUT2D eigenvalue weighted by molar-refractivity contribution is 6.06. The molecule has 0 unspecified atom stereocenters. The van der Waals surface area contributed by atoms with Crippen molar-refractivity contribution in [2.24, 2.45) is 0 Å². The van der Waals surface area contributed by atoms with E-state index < -0.39 is 11.9 Å². The molecule has 4 aromatic rings. The first-order chi connectivity index (χ1) is 24.9. The van der Waals surface area contributed by atoms with E-state index in [1.807, 2.05) is 12.1 Å². The average Bonchev–Trinajstić information content (AvgIpc) is 3.16. The smallest absolute Gasteiger partial charge is 0.343 e. The zero-order valence-corrected chi connectivity index (χ0v) is 29.9. The molecular formula is C44H50O7. The second-order valence-corrected chi connectivity index (χ2v) is 12.5. The van der Waals surface area contributed by atoms with Crippen LogP contribution in [0.5, 0.6) is 23.0 Å². The lowest BCUT2D eigenvalue weighted by Gasteiger charge is -2.08. The van der Waals surface area contributed by atoms with Crippen molar-refractivity contribution in [1.82, 2.24) is 0 Å². The van der Waals surface area contributed by atoms with Gasteiger partial charge in [-0.25, -0.2) is 9.59 Å². The van der Waals surface area contributed by atoms with Crippen molar-refractivity contribution in [3.05, 3.63) is 125 Å². The Bertz CT molecular complexity index is 1660. The second kappa shape index (κ2) is 21.8. The van der Waals surface area contributed by atoms with Gasteiger partial charge in [-0.15, -0.1) is 0 Å². The van der Waals surface area contributed by atoms with E-state index in [4.69, 9.17) is 18.9 Å². The van der Waals surface area contributed by atoms with Gasteiger partial charge >= 0.3 is 11.9 Å². The first-order valence-electron chi connectivity index (χ1n) is 18.3. The topological polar surface area (TPSA) is 88.1 Å². The number of ketones is 1. The van der Waals surface area contributed by atoms with E-state index in [1.54, 1.807) is 91.0 Å². The minimum absolute atomic E-state index is 0.118. The maximum Gasteiger partial charge on any atom is 0.343 e. The van der Waals surface area contributed by atoms with E-state index in [0.29, 0.717) is 41.4 Å². The summed E-state index contributed by atoms with van der Waals surface area (Å²) < 4.78 is 22.6. The number of carbonyl (C=O) groups excluding carboxylic acids is 3. The van der Waals surface area contributed by atoms with Gasteiger partial charge in [0.2, 0.25) is 0 Å². The Morgan fingerprint density at radius 1 is 0.451 bits per heavy atom. The van der Waals surface area contributed by atoms with Gasteiger partial charge in [-0.3, -0.25) is 4.79 Å². The molecule has 4 aromatic carbocycles. The van der Waals surface area contributed by atoms with Crippen LogP contribution in [0.1, 0.15) is 121 Å². The number of unbranched alkanes of at least 4 members (excludes halogenated alkanes) is 9. The number of ether oxygens (including phenoxy) is 4. The fourth-order valence-electron chi connectivity index (χ4n) is 5.28. The van der Waals surface area contributed by atoms with Crippen LogP contribution in [0.3, 0.4) is 0 Å². The Balaban J connectivity index is 1.18. The molecule has 51 heavy (non-hydrogen) atoms. The van der Waals surface area contributed by atoms with Gasteiger partial charge in [0.05, 0.1) is 24.3 Å². The zero-order valence-electron chi connectivity index (χ0n) is 29.9. The molecule has 268 valence electrons. The van der Waals surface area contributed by atoms with Crippen LogP contribution in [-0.2, 0) is 0 Å². The summed E-state index contributed by atoms with van der Waals surface area (Å²) >= 11 is 0. The summed E-state index contributed by atoms with van der Waals surface area (Å²) in [5.74, 6) is 0.976. The zero-order chi connectivity index (χ0) is 36.1. The molecule has 0 aliphatic rings. The van der Waals surface area contributed by atoms with Crippen molar-refractivity contribution < 1.29 is 33.3 Å². The van der Waals surface area contributed by atoms with Gasteiger partial charge in [0.1, 0.15) is 23.0 Å². The molecule has 0 radical (unpaired) electrons. The van der Waals surface area contributed by atoms with Gasteiger partial charge in [0, 0.05) is 5.56 Å². The molecule has 0 fully saturated rings. The third kappa shape index (κ3) is 13.9. The standard InChI is InChI=1S/C44H50O7/c1-3-5-7-9-11-13-33-49-39-27-19-36(20-28-39)43(46)51-41-29-21-37(22-30-41)44(47)50-40-23-14-34(15-24-40)16-31-42(45)35-17-25-38(26-18-35)48-32-12-10-8-6-4-2/h14-31H,3-13,32-33H2,1-2H3/b31-16+. The van der Waals surface area contributed by atoms with E-state index in [9.17, 15) is 14.4 Å². The number of esters is 2. The van der Waals surface area contributed by atoms with Gasteiger partial charge in [-0.2, -0.15) is 0 Å². The Kier molecular flexibility index (Phi) is 16.5. The Labute approximate surface area is 302 Å². The average molecular weight is 691 g/mol. The molecule has 0 aliphatic heterocycles. The van der Waals surface area contributed by atoms with Gasteiger partial charge < -0.3 is 18.9 Å². The molecule has 7 nitrogen and oxygen atoms in total. The number of allylic oxidation sites excluding steroid dienone is 1. The van der Waals surface area contributed by atoms with Crippen LogP contribution in [0.2, 0.25) is 0 Å². The molecule has 0 amide bonds. The maximum absolute atomic E-state index is 12.7. The van der Waals surface area contributed by atoms with Crippen LogP contribution in [0.4, 0.5) is 0 Å². The molecule has 0 saturated carbocycles. The van der Waals surface area contributed by atoms with E-state index in [1.165, 1.54) is 57.4 Å². The fourth-order valence-corrected chi connectivity index (χ4v) is 5.28. The van der Waals surface area contributed by atoms with Gasteiger partial charge in [-0.05, 0) is 109 Å². The third-order valence-electron chi connectivity index (χ3n) is 8.33. The quantitative estimate of drug-likeness (QED) is 0.0267. The van der Waals surface area contributed by atoms with E-state index >= 15 is 0 Å². The Hall–Kier alpha value is -5.17. The molecule has 7 heteroatoms. The highest BCUT2D eigenvalue weighted by atomic mass is 16.5. The largest absolute Gasteiger partial charge is 0.494 e. The number of benzene rings is 4. The highest BCUT2D eigenvalue weighted by Crippen LogP contribution is 2.20. The normalized spacial score (nSPS) is 10.9. The van der Waals surface area contributed by atoms with Crippen LogP contribution >= 0.6 is 0 Å². The van der Waals surface area contributed by atoms with E-state index in [0.717, 1.165) is 36.3 Å². The van der Waals surface area contributed by atoms with Crippen LogP contribution in [0.25, 0.3) is 6.08 Å². The minimum Gasteiger partial charge on any atom is -0.494 e. The molecule has 0 aliphatic carbocycles. The molecule has 0 bridgehead atoms. The number of hydrogen-bond donors (Lipinski definition) is 0. The highest BCUT2D eigenvalue weighted by Gasteiger charge is 2.12. The summed E-state index contributed by atoms with van der Waals surface area (Å²) in [6.07, 6.45) is 16.3. The summed E-state index contributed by atoms with van der Waals surface area (Å²) in [6, 6.07) is 27.1. The van der Waals surface area contributed by atoms with Crippen LogP contribution in [0.15, 0.2) is 103 Å². The second-order valence-electron chi connectivity index (χ2n) is 12.5. The number of carbonyl (C=O) groups is 3. The minimum atomic E-state index is -0.549. The molecule has 0 saturated heterocycles. The molecule has 0 N–H and O–H groups in total. The monoisotopic (exact) mass is 690 g/mol. The Morgan fingerprint density at radius 2 is 0.824 bits per heavy atom. The molecule has 0 heterocycles. The van der Waals surface area contributed by atoms with Gasteiger partial charge in [-0.1, -0.05) is 89.8 Å². The maximum atomic E-state index is 12.7. The summed E-state index contributed by atoms with van der Waals surface area (Å²) in [6.45, 7) is 5.74. The lowest BCUT2D eigenvalue weighted by Crippen LogP contribution is -2.10. The van der Waals surface area contributed by atoms with Crippen molar-refractivity contribution >= 4 is 23.8 Å². The summed E-state index contributed by atoms with van der Waals surface area (Å²) in [5.41, 5.74) is 2.06. The van der Waals surface area contributed by atoms with E-state index in [-0.39, 0.29) is 5.78 Å². The van der Waals surface area contributed by atoms with Crippen LogP contribution in [0, 0.1) is 0 Å². The molecule has 0 atom stereocenters. The van der Waals surface area contributed by atoms with Gasteiger partial charge in [0.15, 0.2) is 5.78 Å². The predicted molar refractivity (Wildman–Crippen MR) is 202 cm³/mol. The number of hydrogen-bond acceptors (Lipinski definition) is 7. The lowest BCUT2D eigenvalue weighted by molar-refractivity contribution is 0.0730. The summed E-state index contributed by atoms with van der Waals surface area (Å²) in [7, 11) is 0. The first kappa shape index (κ1) is 38.6. The SMILES string of the molecule is CCCCCCCCOc1ccc(C(=O)Oc2ccc(C(=O)Oc3ccc(/C=C/C(=O)c4ccc(OCCCCCCC)cc4)cc3)cc2)cc1. The van der Waals surface area contributed by atoms with E-state index in [2.05, 4.69) is 13.8 Å². The summed E-state index contributed by atoms with van der Waals surface area (Å²) in [5, 5.41) is 0. The predicted octanol–water partition coefficient (Wildman–Crippen LogP) is 11.1. The van der Waals surface area contributed by atoms with Crippen molar-refractivity contribution in [3.8, 4) is 23.0 Å². The number of rotatable bonds is 22. The van der Waals surface area contributed by atoms with Crippen molar-refractivity contribution in [2.45, 2.75) is 84.5 Å². The van der Waals surface area contributed by atoms with Crippen molar-refractivity contribution in [3.63, 3.8) is 0 Å². The van der Waals surface area contributed by atoms with Crippen molar-refractivity contribution in [2.75, 3.05) is 13.2 Å². The fraction of sp³-hybridized carbons (Fsp3) is 0.341. The molecule has 0 spiro atoms. The molecule has 0 aromatic heterocycles. The molecular weight excluding hydrogens is 640 g/mol. The van der Waals surface area contributed by atoms with Crippen LogP contribution in [-0.4, -0.2) is 30.9 Å². The van der Waals surface area contributed by atoms with Crippen molar-refractivity contribution in [1.29, 1.82) is 0 Å². The Morgan fingerprint density at radius 3 is 1.27 bits per heavy atom. The van der Waals surface area contributed by atoms with Gasteiger partial charge in [0.25, 0.3) is 0 Å². The first-order valence-corrected chi connectivity index (χ1v) is 18.3. The third-order valence-corrected chi connectivity index (χ3v) is 8.33. The lowest BCUT2D eigenvalue weighted by atomic mass is 10.1.